The standard InChI is InChI=1S/C11H9Cl2NO2.C7H15NOS/c12-6-1-2-7-16-11(15)14-10-5-3-4-9(13)8-10;1-5(2)8(6(3)4)7(9)10/h3-5,8H,6-7H2,(H,14,15);5-6H,1-4H3,(H,9,10). The highest BCUT2D eigenvalue weighted by molar-refractivity contribution is 7.96. The monoisotopic (exact) mass is 418 g/mol. The van der Waals surface area contributed by atoms with E-state index in [1.54, 1.807) is 29.2 Å². The van der Waals surface area contributed by atoms with Gasteiger partial charge in [-0.1, -0.05) is 42.1 Å². The first-order chi connectivity index (χ1) is 12.2. The number of nitrogens with zero attached hydrogens (tertiary/aromatic N) is 1. The maximum atomic E-state index is 11.2. The fourth-order valence-electron chi connectivity index (χ4n) is 1.96. The molecule has 1 aromatic carbocycles. The Morgan fingerprint density at radius 1 is 1.23 bits per heavy atom. The summed E-state index contributed by atoms with van der Waals surface area (Å²) in [6.45, 7) is 7.93. The minimum atomic E-state index is -0.578. The van der Waals surface area contributed by atoms with Gasteiger partial charge in [-0.25, -0.2) is 4.79 Å². The predicted molar refractivity (Wildman–Crippen MR) is 111 cm³/mol. The number of ether oxygens (including phenoxy) is 1. The number of anilines is 1. The van der Waals surface area contributed by atoms with Gasteiger partial charge in [0.2, 0.25) is 0 Å². The first-order valence-electron chi connectivity index (χ1n) is 7.91. The zero-order valence-corrected chi connectivity index (χ0v) is 17.7. The van der Waals surface area contributed by atoms with E-state index in [1.807, 2.05) is 27.7 Å². The van der Waals surface area contributed by atoms with Crippen LogP contribution in [0.4, 0.5) is 15.3 Å². The van der Waals surface area contributed by atoms with E-state index in [4.69, 9.17) is 27.9 Å². The molecule has 0 saturated carbocycles. The minimum Gasteiger partial charge on any atom is -0.436 e. The molecular formula is C18H24Cl2N2O3S. The number of carbonyl (C=O) groups excluding carboxylic acids is 2. The summed E-state index contributed by atoms with van der Waals surface area (Å²) in [5.41, 5.74) is 0.572. The van der Waals surface area contributed by atoms with Crippen LogP contribution in [0.2, 0.25) is 5.02 Å². The number of carbonyl (C=O) groups is 2. The number of amides is 2. The molecule has 0 unspecified atom stereocenters. The fourth-order valence-corrected chi connectivity index (χ4v) is 2.70. The number of thiol groups is 1. The quantitative estimate of drug-likeness (QED) is 0.396. The lowest BCUT2D eigenvalue weighted by atomic mass is 10.2. The molecule has 1 N–H and O–H groups in total. The lowest BCUT2D eigenvalue weighted by Crippen LogP contribution is -2.38. The number of hydrogen-bond acceptors (Lipinski definition) is 3. The van der Waals surface area contributed by atoms with E-state index in [0.29, 0.717) is 10.7 Å². The molecule has 1 aromatic rings. The Morgan fingerprint density at radius 2 is 1.85 bits per heavy atom. The van der Waals surface area contributed by atoms with Crippen LogP contribution in [0.15, 0.2) is 24.3 Å². The van der Waals surface area contributed by atoms with Crippen LogP contribution in [0.3, 0.4) is 0 Å². The third-order valence-electron chi connectivity index (χ3n) is 2.87. The highest BCUT2D eigenvalue weighted by atomic mass is 35.5. The van der Waals surface area contributed by atoms with Crippen LogP contribution in [0.25, 0.3) is 0 Å². The Kier molecular flexibility index (Phi) is 12.8. The van der Waals surface area contributed by atoms with E-state index in [-0.39, 0.29) is 29.8 Å². The summed E-state index contributed by atoms with van der Waals surface area (Å²) >= 11 is 14.8. The summed E-state index contributed by atoms with van der Waals surface area (Å²) in [7, 11) is 0. The maximum Gasteiger partial charge on any atom is 0.412 e. The molecule has 26 heavy (non-hydrogen) atoms. The van der Waals surface area contributed by atoms with Crippen LogP contribution in [0, 0.1) is 11.8 Å². The van der Waals surface area contributed by atoms with E-state index >= 15 is 0 Å². The normalized spacial score (nSPS) is 9.58. The van der Waals surface area contributed by atoms with Crippen molar-refractivity contribution in [2.24, 2.45) is 0 Å². The van der Waals surface area contributed by atoms with Crippen LogP contribution < -0.4 is 5.32 Å². The zero-order chi connectivity index (χ0) is 20.1. The van der Waals surface area contributed by atoms with E-state index < -0.39 is 6.09 Å². The summed E-state index contributed by atoms with van der Waals surface area (Å²) in [4.78, 5) is 23.8. The first kappa shape index (κ1) is 24.5. The molecule has 0 aromatic heterocycles. The molecule has 0 heterocycles. The molecule has 0 aliphatic heterocycles. The molecule has 0 saturated heterocycles. The molecule has 1 rings (SSSR count). The van der Waals surface area contributed by atoms with Crippen molar-refractivity contribution < 1.29 is 14.3 Å². The second-order valence-corrected chi connectivity index (χ2v) is 6.66. The van der Waals surface area contributed by atoms with Crippen molar-refractivity contribution >= 4 is 52.9 Å². The molecule has 0 atom stereocenters. The smallest absolute Gasteiger partial charge is 0.412 e. The SMILES string of the molecule is CC(C)N(C(=O)S)C(C)C.O=C(Nc1cccc(Cl)c1)OCC#CCCl. The summed E-state index contributed by atoms with van der Waals surface area (Å²) in [5, 5.41) is 2.91. The topological polar surface area (TPSA) is 58.6 Å². The second-order valence-electron chi connectivity index (χ2n) is 5.58. The van der Waals surface area contributed by atoms with Gasteiger partial charge in [0.15, 0.2) is 6.61 Å². The van der Waals surface area contributed by atoms with Crippen LogP contribution in [-0.4, -0.2) is 40.8 Å². The molecule has 0 fully saturated rings. The molecule has 8 heteroatoms. The lowest BCUT2D eigenvalue weighted by molar-refractivity contribution is 0.176. The van der Waals surface area contributed by atoms with Gasteiger partial charge in [0.25, 0.3) is 5.24 Å². The highest BCUT2D eigenvalue weighted by Crippen LogP contribution is 2.14. The van der Waals surface area contributed by atoms with Gasteiger partial charge in [-0.05, 0) is 45.9 Å². The average Bonchev–Trinajstić information content (AvgIpc) is 2.51. The number of halogens is 2. The van der Waals surface area contributed by atoms with Crippen molar-refractivity contribution in [3.8, 4) is 11.8 Å². The second kappa shape index (κ2) is 13.6. The van der Waals surface area contributed by atoms with E-state index in [0.717, 1.165) is 0 Å². The minimum absolute atomic E-state index is 0.0130. The largest absolute Gasteiger partial charge is 0.436 e. The molecule has 0 radical (unpaired) electrons. The third kappa shape index (κ3) is 11.1. The van der Waals surface area contributed by atoms with Crippen molar-refractivity contribution in [1.29, 1.82) is 0 Å². The highest BCUT2D eigenvalue weighted by Gasteiger charge is 2.15. The third-order valence-corrected chi connectivity index (χ3v) is 3.47. The van der Waals surface area contributed by atoms with Gasteiger partial charge < -0.3 is 9.64 Å². The van der Waals surface area contributed by atoms with Gasteiger partial charge in [-0.2, -0.15) is 0 Å². The maximum absolute atomic E-state index is 11.2. The summed E-state index contributed by atoms with van der Waals surface area (Å²) in [5.74, 6) is 5.36. The van der Waals surface area contributed by atoms with Crippen LogP contribution >= 0.6 is 35.8 Å². The van der Waals surface area contributed by atoms with Gasteiger partial charge in [0, 0.05) is 22.8 Å². The van der Waals surface area contributed by atoms with E-state index in [2.05, 4.69) is 29.8 Å². The summed E-state index contributed by atoms with van der Waals surface area (Å²) in [6.07, 6.45) is -0.578. The first-order valence-corrected chi connectivity index (χ1v) is 9.27. The Bertz CT molecular complexity index is 635. The Hall–Kier alpha value is -1.55. The van der Waals surface area contributed by atoms with Gasteiger partial charge in [-0.15, -0.1) is 11.6 Å². The average molecular weight is 419 g/mol. The van der Waals surface area contributed by atoms with E-state index in [1.165, 1.54) is 0 Å². The molecule has 5 nitrogen and oxygen atoms in total. The van der Waals surface area contributed by atoms with Crippen molar-refractivity contribution in [1.82, 2.24) is 4.90 Å². The van der Waals surface area contributed by atoms with E-state index in [9.17, 15) is 9.59 Å². The number of hydrogen-bond donors (Lipinski definition) is 2. The number of alkyl halides is 1. The van der Waals surface area contributed by atoms with Crippen LogP contribution in [-0.2, 0) is 4.74 Å². The van der Waals surface area contributed by atoms with Crippen LogP contribution in [0.5, 0.6) is 0 Å². The Labute approximate surface area is 170 Å². The van der Waals surface area contributed by atoms with Crippen molar-refractivity contribution in [3.05, 3.63) is 29.3 Å². The molecular weight excluding hydrogens is 395 g/mol. The van der Waals surface area contributed by atoms with Crippen molar-refractivity contribution in [2.45, 2.75) is 39.8 Å². The lowest BCUT2D eigenvalue weighted by Gasteiger charge is -2.28. The van der Waals surface area contributed by atoms with Gasteiger partial charge >= 0.3 is 6.09 Å². The predicted octanol–water partition coefficient (Wildman–Crippen LogP) is 5.29. The number of benzene rings is 1. The number of rotatable bonds is 4. The van der Waals surface area contributed by atoms with Crippen molar-refractivity contribution in [2.75, 3.05) is 17.8 Å². The van der Waals surface area contributed by atoms with Gasteiger partial charge in [0.05, 0.1) is 5.88 Å². The zero-order valence-electron chi connectivity index (χ0n) is 15.3. The molecule has 144 valence electrons. The molecule has 0 aliphatic carbocycles. The Balaban J connectivity index is 0.000000541. The molecule has 0 aliphatic rings. The summed E-state index contributed by atoms with van der Waals surface area (Å²) < 4.78 is 4.76. The van der Waals surface area contributed by atoms with Gasteiger partial charge in [-0.3, -0.25) is 10.1 Å². The Morgan fingerprint density at radius 3 is 2.27 bits per heavy atom. The van der Waals surface area contributed by atoms with Crippen LogP contribution in [0.1, 0.15) is 27.7 Å². The van der Waals surface area contributed by atoms with Gasteiger partial charge in [0.1, 0.15) is 0 Å². The fraction of sp³-hybridized carbons (Fsp3) is 0.444. The molecule has 0 bridgehead atoms. The molecule has 2 amide bonds. The summed E-state index contributed by atoms with van der Waals surface area (Å²) in [6, 6.07) is 7.25. The van der Waals surface area contributed by atoms with Crippen molar-refractivity contribution in [3.63, 3.8) is 0 Å². The molecule has 0 spiro atoms. The number of nitrogens with one attached hydrogen (secondary N) is 1.